The van der Waals surface area contributed by atoms with Crippen molar-refractivity contribution in [1.29, 1.82) is 0 Å². The molecule has 0 aliphatic carbocycles. The van der Waals surface area contributed by atoms with Crippen molar-refractivity contribution in [2.45, 2.75) is 26.3 Å². The molecule has 3 heteroatoms. The van der Waals surface area contributed by atoms with Crippen LogP contribution in [0.3, 0.4) is 0 Å². The number of ketones is 1. The summed E-state index contributed by atoms with van der Waals surface area (Å²) in [5.74, 6) is 0.716. The Morgan fingerprint density at radius 3 is 2.92 bits per heavy atom. The molecule has 1 N–H and O–H groups in total. The predicted octanol–water partition coefficient (Wildman–Crippen LogP) is 2.16. The van der Waals surface area contributed by atoms with E-state index < -0.39 is 0 Å². The summed E-state index contributed by atoms with van der Waals surface area (Å²) in [6, 6.07) is 0. The highest BCUT2D eigenvalue weighted by molar-refractivity contribution is 7.10. The number of fused-ring (bicyclic) bond motifs is 1. The Morgan fingerprint density at radius 1 is 1.46 bits per heavy atom. The van der Waals surface area contributed by atoms with Crippen molar-refractivity contribution in [3.63, 3.8) is 0 Å². The van der Waals surface area contributed by atoms with Crippen LogP contribution in [0, 0.1) is 0 Å². The first kappa shape index (κ1) is 8.91. The van der Waals surface area contributed by atoms with E-state index in [4.69, 9.17) is 0 Å². The Kier molecular flexibility index (Phi) is 2.22. The molecule has 1 aliphatic heterocycles. The summed E-state index contributed by atoms with van der Waals surface area (Å²) in [5, 5.41) is 5.23. The van der Waals surface area contributed by atoms with Gasteiger partial charge in [-0.3, -0.25) is 4.79 Å². The minimum Gasteiger partial charge on any atom is -0.305 e. The van der Waals surface area contributed by atoms with Crippen molar-refractivity contribution in [2.75, 3.05) is 6.54 Å². The van der Waals surface area contributed by atoms with E-state index in [2.05, 4.69) is 24.5 Å². The van der Waals surface area contributed by atoms with Crippen LogP contribution in [-0.4, -0.2) is 12.3 Å². The first-order valence-electron chi connectivity index (χ1n) is 4.54. The molecule has 1 aliphatic rings. The van der Waals surface area contributed by atoms with Gasteiger partial charge in [0.15, 0.2) is 5.78 Å². The number of rotatable bonds is 1. The van der Waals surface area contributed by atoms with Crippen molar-refractivity contribution in [3.8, 4) is 0 Å². The second-order valence-corrected chi connectivity index (χ2v) is 4.63. The standard InChI is InChI=1S/C10H13NOS/c1-6(2)7-5-13-9-4-11-3-8(12)10(7)9/h5-6,11H,3-4H2,1-2H3. The van der Waals surface area contributed by atoms with E-state index in [1.165, 1.54) is 10.4 Å². The molecule has 13 heavy (non-hydrogen) atoms. The molecule has 0 atom stereocenters. The monoisotopic (exact) mass is 195 g/mol. The maximum absolute atomic E-state index is 11.6. The third kappa shape index (κ3) is 1.42. The molecule has 0 saturated carbocycles. The SMILES string of the molecule is CC(C)c1csc2c1C(=O)CNC2. The fourth-order valence-corrected chi connectivity index (χ4v) is 2.86. The Bertz CT molecular complexity index is 341. The zero-order valence-corrected chi connectivity index (χ0v) is 8.70. The van der Waals surface area contributed by atoms with Gasteiger partial charge < -0.3 is 5.32 Å². The van der Waals surface area contributed by atoms with Crippen LogP contribution in [0.2, 0.25) is 0 Å². The Balaban J connectivity index is 2.50. The lowest BCUT2D eigenvalue weighted by Crippen LogP contribution is -2.29. The summed E-state index contributed by atoms with van der Waals surface area (Å²) < 4.78 is 0. The summed E-state index contributed by atoms with van der Waals surface area (Å²) in [6.07, 6.45) is 0. The lowest BCUT2D eigenvalue weighted by atomic mass is 9.96. The van der Waals surface area contributed by atoms with Gasteiger partial charge in [0.05, 0.1) is 6.54 Å². The van der Waals surface area contributed by atoms with E-state index in [-0.39, 0.29) is 5.78 Å². The first-order chi connectivity index (χ1) is 6.20. The fraction of sp³-hybridized carbons (Fsp3) is 0.500. The topological polar surface area (TPSA) is 29.1 Å². The molecule has 2 nitrogen and oxygen atoms in total. The van der Waals surface area contributed by atoms with Crippen LogP contribution in [0.1, 0.15) is 40.6 Å². The highest BCUT2D eigenvalue weighted by Gasteiger charge is 2.23. The number of carbonyl (C=O) groups is 1. The van der Waals surface area contributed by atoms with Gasteiger partial charge in [-0.2, -0.15) is 0 Å². The quantitative estimate of drug-likeness (QED) is 0.744. The number of carbonyl (C=O) groups excluding carboxylic acids is 1. The number of thiophene rings is 1. The van der Waals surface area contributed by atoms with Gasteiger partial charge >= 0.3 is 0 Å². The largest absolute Gasteiger partial charge is 0.305 e. The van der Waals surface area contributed by atoms with Gasteiger partial charge in [0.2, 0.25) is 0 Å². The number of hydrogen-bond acceptors (Lipinski definition) is 3. The van der Waals surface area contributed by atoms with Crippen LogP contribution < -0.4 is 5.32 Å². The molecule has 0 radical (unpaired) electrons. The lowest BCUT2D eigenvalue weighted by molar-refractivity contribution is 0.0982. The molecule has 0 bridgehead atoms. The molecule has 0 amide bonds. The summed E-state index contributed by atoms with van der Waals surface area (Å²) in [7, 11) is 0. The summed E-state index contributed by atoms with van der Waals surface area (Å²) in [4.78, 5) is 12.8. The normalized spacial score (nSPS) is 16.4. The maximum atomic E-state index is 11.6. The number of hydrogen-bond donors (Lipinski definition) is 1. The second-order valence-electron chi connectivity index (χ2n) is 3.67. The zero-order valence-electron chi connectivity index (χ0n) is 7.89. The fourth-order valence-electron chi connectivity index (χ4n) is 1.66. The number of Topliss-reactive ketones (excluding diaryl/α,β-unsaturated/α-hetero) is 1. The summed E-state index contributed by atoms with van der Waals surface area (Å²) in [6.45, 7) is 5.64. The van der Waals surface area contributed by atoms with E-state index >= 15 is 0 Å². The molecule has 2 rings (SSSR count). The van der Waals surface area contributed by atoms with E-state index in [0.717, 1.165) is 12.1 Å². The predicted molar refractivity (Wildman–Crippen MR) is 54.4 cm³/mol. The summed E-state index contributed by atoms with van der Waals surface area (Å²) >= 11 is 1.70. The van der Waals surface area contributed by atoms with Crippen molar-refractivity contribution >= 4 is 17.1 Å². The maximum Gasteiger partial charge on any atom is 0.178 e. The van der Waals surface area contributed by atoms with Crippen LogP contribution in [0.4, 0.5) is 0 Å². The van der Waals surface area contributed by atoms with E-state index in [9.17, 15) is 4.79 Å². The molecule has 0 spiro atoms. The van der Waals surface area contributed by atoms with Gasteiger partial charge in [0.1, 0.15) is 0 Å². The molecule has 2 heterocycles. The zero-order chi connectivity index (χ0) is 9.42. The Morgan fingerprint density at radius 2 is 2.23 bits per heavy atom. The van der Waals surface area contributed by atoms with E-state index in [1.54, 1.807) is 11.3 Å². The molecule has 1 aromatic rings. The number of nitrogens with one attached hydrogen (secondary N) is 1. The summed E-state index contributed by atoms with van der Waals surface area (Å²) in [5.41, 5.74) is 2.23. The Hall–Kier alpha value is -0.670. The van der Waals surface area contributed by atoms with Crippen LogP contribution in [-0.2, 0) is 6.54 Å². The van der Waals surface area contributed by atoms with E-state index in [0.29, 0.717) is 12.5 Å². The van der Waals surface area contributed by atoms with Gasteiger partial charge in [0.25, 0.3) is 0 Å². The molecular weight excluding hydrogens is 182 g/mol. The molecule has 0 aromatic carbocycles. The molecule has 70 valence electrons. The van der Waals surface area contributed by atoms with Crippen LogP contribution in [0.15, 0.2) is 5.38 Å². The van der Waals surface area contributed by atoms with Crippen molar-refractivity contribution < 1.29 is 4.79 Å². The highest BCUT2D eigenvalue weighted by atomic mass is 32.1. The van der Waals surface area contributed by atoms with Gasteiger partial charge in [-0.05, 0) is 16.9 Å². The minimum atomic E-state index is 0.256. The smallest absolute Gasteiger partial charge is 0.178 e. The second kappa shape index (κ2) is 3.24. The van der Waals surface area contributed by atoms with Gasteiger partial charge in [-0.15, -0.1) is 11.3 Å². The molecule has 1 aromatic heterocycles. The molecule has 0 saturated heterocycles. The Labute approximate surface area is 82.0 Å². The average Bonchev–Trinajstić information content (AvgIpc) is 2.49. The van der Waals surface area contributed by atoms with Crippen LogP contribution in [0.5, 0.6) is 0 Å². The molecule has 0 fully saturated rings. The van der Waals surface area contributed by atoms with E-state index in [1.807, 2.05) is 0 Å². The third-order valence-corrected chi connectivity index (χ3v) is 3.37. The third-order valence-electron chi connectivity index (χ3n) is 2.37. The van der Waals surface area contributed by atoms with Crippen LogP contribution in [0.25, 0.3) is 0 Å². The first-order valence-corrected chi connectivity index (χ1v) is 5.42. The minimum absolute atomic E-state index is 0.256. The molecule has 0 unspecified atom stereocenters. The molecular formula is C10H13NOS. The highest BCUT2D eigenvalue weighted by Crippen LogP contribution is 2.30. The van der Waals surface area contributed by atoms with Gasteiger partial charge in [-0.1, -0.05) is 13.8 Å². The average molecular weight is 195 g/mol. The van der Waals surface area contributed by atoms with Gasteiger partial charge in [-0.25, -0.2) is 0 Å². The van der Waals surface area contributed by atoms with Crippen molar-refractivity contribution in [1.82, 2.24) is 5.32 Å². The van der Waals surface area contributed by atoms with Crippen LogP contribution >= 0.6 is 11.3 Å². The lowest BCUT2D eigenvalue weighted by Gasteiger charge is -2.14. The van der Waals surface area contributed by atoms with Crippen molar-refractivity contribution in [2.24, 2.45) is 0 Å². The van der Waals surface area contributed by atoms with Crippen molar-refractivity contribution in [3.05, 3.63) is 21.4 Å². The van der Waals surface area contributed by atoms with Gasteiger partial charge in [0, 0.05) is 17.0 Å².